The average Bonchev–Trinajstić information content (AvgIpc) is 3.20. The van der Waals surface area contributed by atoms with Gasteiger partial charge in [0.05, 0.1) is 22.3 Å². The summed E-state index contributed by atoms with van der Waals surface area (Å²) in [4.78, 5) is 32.1. The number of pyridine rings is 1. The quantitative estimate of drug-likeness (QED) is 0.275. The van der Waals surface area contributed by atoms with E-state index in [9.17, 15) is 9.59 Å². The fraction of sp³-hybridized carbons (Fsp3) is 0.276. The second-order valence-electron chi connectivity index (χ2n) is 10.4. The summed E-state index contributed by atoms with van der Waals surface area (Å²) in [5, 5.41) is 4.33. The van der Waals surface area contributed by atoms with Gasteiger partial charge in [-0.25, -0.2) is 4.98 Å². The Balaban J connectivity index is 1.55. The Morgan fingerprint density at radius 1 is 1.11 bits per heavy atom. The van der Waals surface area contributed by atoms with Gasteiger partial charge in [0.1, 0.15) is 5.00 Å². The largest absolute Gasteiger partial charge is 0.365 e. The van der Waals surface area contributed by atoms with Crippen molar-refractivity contribution in [1.82, 2.24) is 4.98 Å². The molecule has 2 aromatic heterocycles. The van der Waals surface area contributed by atoms with Crippen molar-refractivity contribution in [2.45, 2.75) is 40.0 Å². The van der Waals surface area contributed by atoms with E-state index in [1.54, 1.807) is 0 Å². The number of nitrogens with one attached hydrogen (secondary N) is 1. The molecule has 0 spiro atoms. The monoisotopic (exact) mass is 561 g/mol. The van der Waals surface area contributed by atoms with Gasteiger partial charge in [-0.15, -0.1) is 11.3 Å². The Hall–Kier alpha value is -3.03. The number of anilines is 1. The second-order valence-corrected chi connectivity index (χ2v) is 12.4. The molecule has 0 fully saturated rings. The van der Waals surface area contributed by atoms with Crippen LogP contribution in [0.1, 0.15) is 58.3 Å². The fourth-order valence-corrected chi connectivity index (χ4v) is 6.73. The molecular formula is C29H28BrN3O2S. The number of amides is 2. The molecule has 0 radical (unpaired) electrons. The lowest BCUT2D eigenvalue weighted by molar-refractivity contribution is 0.1000. The lowest BCUT2D eigenvalue weighted by atomic mass is 9.72. The molecule has 2 amide bonds. The van der Waals surface area contributed by atoms with Crippen LogP contribution < -0.4 is 11.1 Å². The summed E-state index contributed by atoms with van der Waals surface area (Å²) in [7, 11) is 0. The number of hydrogen-bond acceptors (Lipinski definition) is 4. The Labute approximate surface area is 223 Å². The van der Waals surface area contributed by atoms with Gasteiger partial charge in [-0.05, 0) is 60.4 Å². The standard InChI is InChI=1S/C29H28BrN3O2S/c1-29(2,3)17-11-12-20-24(14-17)36-28(25(20)26(31)34)33-27(35)21-15-23(16-7-6-8-18(30)13-16)32-22-10-5-4-9-19(21)22/h4-10,13,15,17H,11-12,14H2,1-3H3,(H2,31,34)(H,33,35). The molecule has 7 heteroatoms. The smallest absolute Gasteiger partial charge is 0.257 e. The molecule has 5 nitrogen and oxygen atoms in total. The van der Waals surface area contributed by atoms with Crippen molar-refractivity contribution >= 4 is 55.0 Å². The van der Waals surface area contributed by atoms with E-state index >= 15 is 0 Å². The molecule has 0 bridgehead atoms. The minimum absolute atomic E-state index is 0.177. The molecule has 36 heavy (non-hydrogen) atoms. The molecule has 0 saturated carbocycles. The zero-order valence-corrected chi connectivity index (χ0v) is 22.9. The van der Waals surface area contributed by atoms with Crippen LogP contribution in [0.5, 0.6) is 0 Å². The first-order chi connectivity index (χ1) is 17.1. The van der Waals surface area contributed by atoms with Crippen LogP contribution in [0.3, 0.4) is 0 Å². The first-order valence-corrected chi connectivity index (χ1v) is 13.6. The van der Waals surface area contributed by atoms with Gasteiger partial charge in [0.2, 0.25) is 0 Å². The van der Waals surface area contributed by atoms with E-state index in [4.69, 9.17) is 10.7 Å². The molecule has 1 atom stereocenters. The summed E-state index contributed by atoms with van der Waals surface area (Å²) in [6, 6.07) is 17.2. The highest BCUT2D eigenvalue weighted by atomic mass is 79.9. The number of hydrogen-bond donors (Lipinski definition) is 2. The molecule has 0 saturated heterocycles. The van der Waals surface area contributed by atoms with Crippen molar-refractivity contribution in [2.24, 2.45) is 17.1 Å². The van der Waals surface area contributed by atoms with Gasteiger partial charge in [0.25, 0.3) is 11.8 Å². The third-order valence-corrected chi connectivity index (χ3v) is 8.71. The molecule has 1 unspecified atom stereocenters. The normalized spacial score (nSPS) is 15.5. The lowest BCUT2D eigenvalue weighted by Gasteiger charge is -2.33. The molecule has 1 aliphatic carbocycles. The van der Waals surface area contributed by atoms with E-state index in [0.29, 0.717) is 27.7 Å². The highest BCUT2D eigenvalue weighted by Crippen LogP contribution is 2.44. The van der Waals surface area contributed by atoms with Gasteiger partial charge < -0.3 is 11.1 Å². The Bertz CT molecular complexity index is 1500. The number of nitrogens with zero attached hydrogens (tertiary/aromatic N) is 1. The van der Waals surface area contributed by atoms with Crippen LogP contribution >= 0.6 is 27.3 Å². The lowest BCUT2D eigenvalue weighted by Crippen LogP contribution is -2.27. The maximum atomic E-state index is 13.7. The Kier molecular flexibility index (Phi) is 6.47. The van der Waals surface area contributed by atoms with Crippen molar-refractivity contribution in [3.05, 3.63) is 80.6 Å². The van der Waals surface area contributed by atoms with Gasteiger partial charge in [0.15, 0.2) is 0 Å². The third kappa shape index (κ3) is 4.70. The number of para-hydroxylation sites is 1. The number of halogens is 1. The van der Waals surface area contributed by atoms with Crippen LogP contribution in [0.25, 0.3) is 22.2 Å². The zero-order valence-electron chi connectivity index (χ0n) is 20.5. The number of benzene rings is 2. The van der Waals surface area contributed by atoms with E-state index in [2.05, 4.69) is 42.0 Å². The molecule has 3 N–H and O–H groups in total. The van der Waals surface area contributed by atoms with Crippen LogP contribution in [0, 0.1) is 11.3 Å². The zero-order chi connectivity index (χ0) is 25.6. The number of carbonyl (C=O) groups is 2. The number of thiophene rings is 1. The molecule has 5 rings (SSSR count). The summed E-state index contributed by atoms with van der Waals surface area (Å²) >= 11 is 5.00. The van der Waals surface area contributed by atoms with Crippen LogP contribution in [0.4, 0.5) is 5.00 Å². The van der Waals surface area contributed by atoms with Crippen LogP contribution in [-0.4, -0.2) is 16.8 Å². The van der Waals surface area contributed by atoms with Crippen molar-refractivity contribution < 1.29 is 9.59 Å². The summed E-state index contributed by atoms with van der Waals surface area (Å²) < 4.78 is 0.935. The van der Waals surface area contributed by atoms with E-state index in [0.717, 1.165) is 50.6 Å². The minimum atomic E-state index is -0.494. The molecule has 0 aliphatic heterocycles. The molecule has 2 aromatic carbocycles. The van der Waals surface area contributed by atoms with E-state index in [-0.39, 0.29) is 11.3 Å². The van der Waals surface area contributed by atoms with Crippen LogP contribution in [0.2, 0.25) is 0 Å². The number of fused-ring (bicyclic) bond motifs is 2. The summed E-state index contributed by atoms with van der Waals surface area (Å²) in [5.74, 6) is -0.255. The number of rotatable bonds is 4. The number of nitrogens with two attached hydrogens (primary N) is 1. The van der Waals surface area contributed by atoms with Crippen LogP contribution in [-0.2, 0) is 12.8 Å². The van der Waals surface area contributed by atoms with Gasteiger partial charge >= 0.3 is 0 Å². The summed E-state index contributed by atoms with van der Waals surface area (Å²) in [6.07, 6.45) is 2.70. The number of aromatic nitrogens is 1. The van der Waals surface area contributed by atoms with Crippen molar-refractivity contribution in [3.63, 3.8) is 0 Å². The van der Waals surface area contributed by atoms with Crippen molar-refractivity contribution in [1.29, 1.82) is 0 Å². The van der Waals surface area contributed by atoms with Crippen molar-refractivity contribution in [3.8, 4) is 11.3 Å². The maximum absolute atomic E-state index is 13.7. The molecular weight excluding hydrogens is 534 g/mol. The number of primary amides is 1. The van der Waals surface area contributed by atoms with Gasteiger partial charge in [-0.2, -0.15) is 0 Å². The first-order valence-electron chi connectivity index (χ1n) is 12.0. The fourth-order valence-electron chi connectivity index (χ4n) is 5.00. The topological polar surface area (TPSA) is 85.1 Å². The summed E-state index contributed by atoms with van der Waals surface area (Å²) in [5.41, 5.74) is 10.3. The summed E-state index contributed by atoms with van der Waals surface area (Å²) in [6.45, 7) is 6.77. The predicted molar refractivity (Wildman–Crippen MR) is 151 cm³/mol. The maximum Gasteiger partial charge on any atom is 0.257 e. The number of carbonyl (C=O) groups excluding carboxylic acids is 2. The highest BCUT2D eigenvalue weighted by Gasteiger charge is 2.33. The predicted octanol–water partition coefficient (Wildman–Crippen LogP) is 7.23. The van der Waals surface area contributed by atoms with Gasteiger partial charge in [0, 0.05) is 20.3 Å². The van der Waals surface area contributed by atoms with Gasteiger partial charge in [-0.1, -0.05) is 67.0 Å². The molecule has 1 aliphatic rings. The second kappa shape index (κ2) is 9.45. The first kappa shape index (κ1) is 24.7. The van der Waals surface area contributed by atoms with E-state index in [1.165, 1.54) is 11.3 Å². The van der Waals surface area contributed by atoms with Crippen molar-refractivity contribution in [2.75, 3.05) is 5.32 Å². The third-order valence-electron chi connectivity index (χ3n) is 7.04. The molecule has 2 heterocycles. The average molecular weight is 563 g/mol. The van der Waals surface area contributed by atoms with E-state index < -0.39 is 5.91 Å². The van der Waals surface area contributed by atoms with Gasteiger partial charge in [-0.3, -0.25) is 9.59 Å². The highest BCUT2D eigenvalue weighted by molar-refractivity contribution is 9.10. The molecule has 4 aromatic rings. The Morgan fingerprint density at radius 3 is 2.61 bits per heavy atom. The Morgan fingerprint density at radius 2 is 1.89 bits per heavy atom. The van der Waals surface area contributed by atoms with Crippen LogP contribution in [0.15, 0.2) is 59.1 Å². The molecule has 184 valence electrons. The minimum Gasteiger partial charge on any atom is -0.365 e. The SMILES string of the molecule is CC(C)(C)C1CCc2c(sc(NC(=O)c3cc(-c4cccc(Br)c4)nc4ccccc34)c2C(N)=O)C1. The van der Waals surface area contributed by atoms with E-state index in [1.807, 2.05) is 54.6 Å².